The van der Waals surface area contributed by atoms with Gasteiger partial charge in [-0.1, -0.05) is 19.4 Å². The van der Waals surface area contributed by atoms with Gasteiger partial charge in [0, 0.05) is 32.3 Å². The van der Waals surface area contributed by atoms with Crippen LogP contribution in [0.4, 0.5) is 8.78 Å². The summed E-state index contributed by atoms with van der Waals surface area (Å²) in [4.78, 5) is 17.4. The van der Waals surface area contributed by atoms with Crippen LogP contribution in [-0.4, -0.2) is 44.0 Å². The summed E-state index contributed by atoms with van der Waals surface area (Å²) in [6, 6.07) is 3.04. The number of nitrogens with one attached hydrogen (secondary N) is 2. The van der Waals surface area contributed by atoms with Crippen LogP contribution < -0.4 is 10.6 Å². The van der Waals surface area contributed by atoms with Crippen molar-refractivity contribution in [1.29, 1.82) is 0 Å². The monoisotopic (exact) mass is 468 g/mol. The first-order valence-corrected chi connectivity index (χ1v) is 8.05. The molecule has 0 fully saturated rings. The van der Waals surface area contributed by atoms with Crippen LogP contribution in [0.2, 0.25) is 0 Å². The molecule has 142 valence electrons. The van der Waals surface area contributed by atoms with Crippen LogP contribution in [0, 0.1) is 11.6 Å². The van der Waals surface area contributed by atoms with E-state index in [4.69, 9.17) is 0 Å². The summed E-state index contributed by atoms with van der Waals surface area (Å²) in [5.74, 6) is -0.940. The summed E-state index contributed by atoms with van der Waals surface area (Å²) < 4.78 is 26.9. The predicted molar refractivity (Wildman–Crippen MR) is 107 cm³/mol. The minimum Gasteiger partial charge on any atom is -0.356 e. The summed E-state index contributed by atoms with van der Waals surface area (Å²) in [5.41, 5.74) is 0.334. The number of hydrogen-bond acceptors (Lipinski definition) is 2. The number of guanidine groups is 1. The van der Waals surface area contributed by atoms with Crippen LogP contribution in [0.5, 0.6) is 0 Å². The van der Waals surface area contributed by atoms with Crippen molar-refractivity contribution >= 4 is 35.8 Å². The molecule has 0 radical (unpaired) electrons. The number of likely N-dealkylation sites (N-methyl/N-ethyl adjacent to an activating group) is 1. The number of aliphatic imine (C=N–C) groups is 1. The molecule has 1 aromatic rings. The predicted octanol–water partition coefficient (Wildman–Crippen LogP) is 3.07. The molecular formula is C17H27F2IN4O. The molecule has 0 saturated heterocycles. The Kier molecular flexibility index (Phi) is 11.3. The van der Waals surface area contributed by atoms with Gasteiger partial charge in [0.2, 0.25) is 5.91 Å². The Morgan fingerprint density at radius 1 is 1.32 bits per heavy atom. The molecule has 0 heterocycles. The van der Waals surface area contributed by atoms with E-state index < -0.39 is 17.7 Å². The van der Waals surface area contributed by atoms with Crippen LogP contribution in [0.3, 0.4) is 0 Å². The molecule has 5 nitrogen and oxygen atoms in total. The highest BCUT2D eigenvalue weighted by Gasteiger charge is 2.14. The Balaban J connectivity index is 0.00000576. The number of carbonyl (C=O) groups excluding carboxylic acids is 1. The number of rotatable bonds is 7. The molecule has 1 rings (SSSR count). The second-order valence-corrected chi connectivity index (χ2v) is 5.77. The van der Waals surface area contributed by atoms with Crippen molar-refractivity contribution in [3.8, 4) is 0 Å². The van der Waals surface area contributed by atoms with Crippen LogP contribution in [0.1, 0.15) is 38.3 Å². The number of benzene rings is 1. The SMILES string of the molecule is CCCCNC(=NCC(=O)N(C)C)NC(C)c1ccc(F)cc1F.I. The van der Waals surface area contributed by atoms with Gasteiger partial charge in [0.15, 0.2) is 5.96 Å². The highest BCUT2D eigenvalue weighted by Crippen LogP contribution is 2.17. The summed E-state index contributed by atoms with van der Waals surface area (Å²) in [6.07, 6.45) is 1.96. The minimum absolute atomic E-state index is 0. The molecule has 2 N–H and O–H groups in total. The maximum absolute atomic E-state index is 13.9. The lowest BCUT2D eigenvalue weighted by Gasteiger charge is -2.19. The van der Waals surface area contributed by atoms with Crippen LogP contribution in [0.25, 0.3) is 0 Å². The number of carbonyl (C=O) groups is 1. The summed E-state index contributed by atoms with van der Waals surface area (Å²) in [6.45, 7) is 4.50. The van der Waals surface area contributed by atoms with E-state index in [1.807, 2.05) is 0 Å². The molecular weight excluding hydrogens is 441 g/mol. The van der Waals surface area contributed by atoms with Gasteiger partial charge in [-0.2, -0.15) is 0 Å². The van der Waals surface area contributed by atoms with Crippen molar-refractivity contribution in [2.24, 2.45) is 4.99 Å². The molecule has 25 heavy (non-hydrogen) atoms. The average molecular weight is 468 g/mol. The average Bonchev–Trinajstić information content (AvgIpc) is 2.51. The summed E-state index contributed by atoms with van der Waals surface area (Å²) >= 11 is 0. The second kappa shape index (κ2) is 12.0. The normalized spacial score (nSPS) is 12.2. The van der Waals surface area contributed by atoms with Crippen molar-refractivity contribution in [3.63, 3.8) is 0 Å². The molecule has 0 bridgehead atoms. The Morgan fingerprint density at radius 2 is 2.00 bits per heavy atom. The topological polar surface area (TPSA) is 56.7 Å². The van der Waals surface area contributed by atoms with E-state index in [1.54, 1.807) is 21.0 Å². The first-order chi connectivity index (χ1) is 11.3. The smallest absolute Gasteiger partial charge is 0.243 e. The highest BCUT2D eigenvalue weighted by molar-refractivity contribution is 14.0. The number of halogens is 3. The molecule has 0 aliphatic rings. The number of unbranched alkanes of at least 4 members (excludes halogenated alkanes) is 1. The fourth-order valence-corrected chi connectivity index (χ4v) is 1.96. The van der Waals surface area contributed by atoms with E-state index in [1.165, 1.54) is 17.0 Å². The molecule has 1 atom stereocenters. The van der Waals surface area contributed by atoms with Gasteiger partial charge in [0.25, 0.3) is 0 Å². The summed E-state index contributed by atoms with van der Waals surface area (Å²) in [7, 11) is 3.32. The van der Waals surface area contributed by atoms with Gasteiger partial charge in [-0.15, -0.1) is 24.0 Å². The fraction of sp³-hybridized carbons (Fsp3) is 0.529. The number of amides is 1. The van der Waals surface area contributed by atoms with Crippen LogP contribution >= 0.6 is 24.0 Å². The first-order valence-electron chi connectivity index (χ1n) is 8.05. The molecule has 0 aliphatic carbocycles. The largest absolute Gasteiger partial charge is 0.356 e. The van der Waals surface area contributed by atoms with E-state index >= 15 is 0 Å². The molecule has 1 amide bonds. The zero-order valence-corrected chi connectivity index (χ0v) is 17.4. The van der Waals surface area contributed by atoms with Gasteiger partial charge in [-0.05, 0) is 19.4 Å². The van der Waals surface area contributed by atoms with E-state index in [0.717, 1.165) is 18.9 Å². The van der Waals surface area contributed by atoms with E-state index in [9.17, 15) is 13.6 Å². The Labute approximate surface area is 165 Å². The third-order valence-corrected chi connectivity index (χ3v) is 3.48. The van der Waals surface area contributed by atoms with Gasteiger partial charge in [-0.25, -0.2) is 13.8 Å². The highest BCUT2D eigenvalue weighted by atomic mass is 127. The van der Waals surface area contributed by atoms with Crippen molar-refractivity contribution < 1.29 is 13.6 Å². The lowest BCUT2D eigenvalue weighted by Crippen LogP contribution is -2.40. The Morgan fingerprint density at radius 3 is 2.56 bits per heavy atom. The van der Waals surface area contributed by atoms with Gasteiger partial charge in [-0.3, -0.25) is 4.79 Å². The van der Waals surface area contributed by atoms with Crippen molar-refractivity contribution in [2.45, 2.75) is 32.7 Å². The van der Waals surface area contributed by atoms with Gasteiger partial charge in [0.05, 0.1) is 6.04 Å². The van der Waals surface area contributed by atoms with Gasteiger partial charge >= 0.3 is 0 Å². The number of nitrogens with zero attached hydrogens (tertiary/aromatic N) is 2. The maximum Gasteiger partial charge on any atom is 0.243 e. The molecule has 0 saturated carbocycles. The zero-order valence-electron chi connectivity index (χ0n) is 15.1. The Bertz CT molecular complexity index is 582. The molecule has 1 unspecified atom stereocenters. The zero-order chi connectivity index (χ0) is 18.1. The van der Waals surface area contributed by atoms with Gasteiger partial charge in [0.1, 0.15) is 18.2 Å². The van der Waals surface area contributed by atoms with Crippen LogP contribution in [0.15, 0.2) is 23.2 Å². The lowest BCUT2D eigenvalue weighted by atomic mass is 10.1. The number of hydrogen-bond donors (Lipinski definition) is 2. The minimum atomic E-state index is -0.618. The fourth-order valence-electron chi connectivity index (χ4n) is 1.96. The third kappa shape index (κ3) is 8.46. The third-order valence-electron chi connectivity index (χ3n) is 3.48. The quantitative estimate of drug-likeness (QED) is 0.280. The van der Waals surface area contributed by atoms with Crippen molar-refractivity contribution in [2.75, 3.05) is 27.2 Å². The van der Waals surface area contributed by atoms with E-state index in [0.29, 0.717) is 18.1 Å². The molecule has 0 aliphatic heterocycles. The molecule has 8 heteroatoms. The summed E-state index contributed by atoms with van der Waals surface area (Å²) in [5, 5.41) is 6.17. The first kappa shape index (κ1) is 23.5. The lowest BCUT2D eigenvalue weighted by molar-refractivity contribution is -0.127. The molecule has 0 aromatic heterocycles. The van der Waals surface area contributed by atoms with Crippen molar-refractivity contribution in [3.05, 3.63) is 35.4 Å². The molecule has 0 spiro atoms. The second-order valence-electron chi connectivity index (χ2n) is 5.77. The van der Waals surface area contributed by atoms with Gasteiger partial charge < -0.3 is 15.5 Å². The van der Waals surface area contributed by atoms with E-state index in [2.05, 4.69) is 22.5 Å². The standard InChI is InChI=1S/C17H26F2N4O.HI/c1-5-6-9-20-17(21-11-16(24)23(3)4)22-12(2)14-8-7-13(18)10-15(14)19;/h7-8,10,12H,5-6,9,11H2,1-4H3,(H2,20,21,22);1H. The van der Waals surface area contributed by atoms with Crippen molar-refractivity contribution in [1.82, 2.24) is 15.5 Å². The molecule has 1 aromatic carbocycles. The maximum atomic E-state index is 13.9. The Hall–Kier alpha value is -1.45. The van der Waals surface area contributed by atoms with Crippen LogP contribution in [-0.2, 0) is 4.79 Å². The van der Waals surface area contributed by atoms with E-state index in [-0.39, 0.29) is 36.4 Å².